The summed E-state index contributed by atoms with van der Waals surface area (Å²) in [7, 11) is 0. The van der Waals surface area contributed by atoms with E-state index in [1.807, 2.05) is 0 Å². The van der Waals surface area contributed by atoms with Crippen LogP contribution in [0.2, 0.25) is 0 Å². The Morgan fingerprint density at radius 1 is 0.195 bits per heavy atom. The Hall–Kier alpha value is -1.59. The Morgan fingerprint density at radius 3 is 0.488 bits per heavy atom. The normalized spacial score (nSPS) is 11.9. The summed E-state index contributed by atoms with van der Waals surface area (Å²) in [6.07, 6.45) is 85.9. The Balaban J connectivity index is 4.10. The second kappa shape index (κ2) is 71.9. The molecule has 0 aliphatic carbocycles. The van der Waals surface area contributed by atoms with Crippen LogP contribution in [0, 0.1) is 0 Å². The monoisotopic (exact) mass is 1160 g/mol. The Morgan fingerprint density at radius 2 is 0.329 bits per heavy atom. The summed E-state index contributed by atoms with van der Waals surface area (Å²) in [6.45, 7) is 6.75. The maximum Gasteiger partial charge on any atom is 0.306 e. The first kappa shape index (κ1) is 80.4. The van der Waals surface area contributed by atoms with Crippen LogP contribution in [0.5, 0.6) is 0 Å². The third-order valence-corrected chi connectivity index (χ3v) is 17.9. The lowest BCUT2D eigenvalue weighted by atomic mass is 10.0. The van der Waals surface area contributed by atoms with Crippen molar-refractivity contribution >= 4 is 17.9 Å². The highest BCUT2D eigenvalue weighted by Gasteiger charge is 2.20. The molecule has 0 radical (unpaired) electrons. The van der Waals surface area contributed by atoms with Crippen molar-refractivity contribution in [3.8, 4) is 0 Å². The Kier molecular flexibility index (Phi) is 70.5. The molecule has 6 heteroatoms. The summed E-state index contributed by atoms with van der Waals surface area (Å²) in [5, 5.41) is 0. The molecule has 82 heavy (non-hydrogen) atoms. The van der Waals surface area contributed by atoms with Gasteiger partial charge >= 0.3 is 17.9 Å². The van der Waals surface area contributed by atoms with Crippen LogP contribution in [0.4, 0.5) is 0 Å². The third-order valence-electron chi connectivity index (χ3n) is 17.9. The zero-order valence-corrected chi connectivity index (χ0v) is 56.3. The molecule has 0 aromatic carbocycles. The SMILES string of the molecule is CCCCCCCCCCCCCCCCCCCCCCCCCCCCCCCCCC(=O)OCC(COC(=O)CCCCCCCCCCCCCCC)OC(=O)CCCCCCCCCCCCCCCCCCCCCC. The first-order chi connectivity index (χ1) is 40.5. The van der Waals surface area contributed by atoms with Crippen LogP contribution in [0.3, 0.4) is 0 Å². The summed E-state index contributed by atoms with van der Waals surface area (Å²) in [6, 6.07) is 0. The quantitative estimate of drug-likeness (QED) is 0.0343. The van der Waals surface area contributed by atoms with Crippen LogP contribution in [0.15, 0.2) is 0 Å². The topological polar surface area (TPSA) is 78.9 Å². The van der Waals surface area contributed by atoms with Gasteiger partial charge in [-0.25, -0.2) is 0 Å². The van der Waals surface area contributed by atoms with Gasteiger partial charge in [0.15, 0.2) is 6.10 Å². The van der Waals surface area contributed by atoms with Gasteiger partial charge in [-0.05, 0) is 19.3 Å². The van der Waals surface area contributed by atoms with Crippen LogP contribution < -0.4 is 0 Å². The van der Waals surface area contributed by atoms with Gasteiger partial charge in [0.1, 0.15) is 13.2 Å². The predicted molar refractivity (Wildman–Crippen MR) is 358 cm³/mol. The lowest BCUT2D eigenvalue weighted by molar-refractivity contribution is -0.167. The van der Waals surface area contributed by atoms with Gasteiger partial charge in [0.25, 0.3) is 0 Å². The van der Waals surface area contributed by atoms with E-state index in [9.17, 15) is 14.4 Å². The fourth-order valence-corrected chi connectivity index (χ4v) is 12.2. The molecule has 0 aliphatic rings. The molecule has 0 aliphatic heterocycles. The highest BCUT2D eigenvalue weighted by molar-refractivity contribution is 5.71. The first-order valence-corrected chi connectivity index (χ1v) is 38.0. The van der Waals surface area contributed by atoms with Crippen LogP contribution in [-0.4, -0.2) is 37.2 Å². The van der Waals surface area contributed by atoms with Gasteiger partial charge < -0.3 is 14.2 Å². The van der Waals surface area contributed by atoms with Crippen LogP contribution in [-0.2, 0) is 28.6 Å². The van der Waals surface area contributed by atoms with Crippen molar-refractivity contribution in [3.63, 3.8) is 0 Å². The van der Waals surface area contributed by atoms with Crippen molar-refractivity contribution in [1.29, 1.82) is 0 Å². The maximum absolute atomic E-state index is 13.0. The fraction of sp³-hybridized carbons (Fsp3) is 0.961. The number of carbonyl (C=O) groups excluding carboxylic acids is 3. The number of carbonyl (C=O) groups is 3. The predicted octanol–water partition coefficient (Wildman–Crippen LogP) is 26.2. The summed E-state index contributed by atoms with van der Waals surface area (Å²) < 4.78 is 17.0. The molecule has 0 fully saturated rings. The number of unbranched alkanes of at least 4 members (excludes halogenated alkanes) is 61. The minimum Gasteiger partial charge on any atom is -0.462 e. The molecule has 1 atom stereocenters. The molecule has 0 amide bonds. The summed E-state index contributed by atoms with van der Waals surface area (Å²) >= 11 is 0. The lowest BCUT2D eigenvalue weighted by Crippen LogP contribution is -2.30. The second-order valence-corrected chi connectivity index (χ2v) is 26.3. The van der Waals surface area contributed by atoms with Gasteiger partial charge in [0.05, 0.1) is 0 Å². The molecule has 0 rings (SSSR count). The summed E-state index contributed by atoms with van der Waals surface area (Å²) in [5.41, 5.74) is 0. The Bertz CT molecular complexity index is 1240. The number of hydrogen-bond donors (Lipinski definition) is 0. The van der Waals surface area contributed by atoms with Gasteiger partial charge in [0.2, 0.25) is 0 Å². The molecule has 0 aromatic heterocycles. The zero-order valence-electron chi connectivity index (χ0n) is 56.3. The molecule has 1 unspecified atom stereocenters. The van der Waals surface area contributed by atoms with E-state index < -0.39 is 6.10 Å². The smallest absolute Gasteiger partial charge is 0.306 e. The highest BCUT2D eigenvalue weighted by atomic mass is 16.6. The molecule has 0 bridgehead atoms. The van der Waals surface area contributed by atoms with Crippen LogP contribution in [0.1, 0.15) is 451 Å². The molecular weight excluding hydrogens is 1010 g/mol. The van der Waals surface area contributed by atoms with E-state index in [1.54, 1.807) is 0 Å². The van der Waals surface area contributed by atoms with E-state index in [4.69, 9.17) is 14.2 Å². The molecule has 0 heterocycles. The molecule has 6 nitrogen and oxygen atoms in total. The molecule has 0 spiro atoms. The van der Waals surface area contributed by atoms with Crippen LogP contribution in [0.25, 0.3) is 0 Å². The number of hydrogen-bond acceptors (Lipinski definition) is 6. The third kappa shape index (κ3) is 69.2. The standard InChI is InChI=1S/C76H148O6/c1-4-7-10-13-16-19-22-25-27-29-31-33-34-35-36-37-38-39-40-41-42-43-45-46-48-51-54-57-60-63-66-69-75(78)81-72-73(71-80-74(77)68-65-62-59-56-53-50-24-21-18-15-12-9-6-3)82-76(79)70-67-64-61-58-55-52-49-47-44-32-30-28-26-23-20-17-14-11-8-5-2/h73H,4-72H2,1-3H3. The van der Waals surface area contributed by atoms with Crippen molar-refractivity contribution in [3.05, 3.63) is 0 Å². The van der Waals surface area contributed by atoms with Crippen molar-refractivity contribution < 1.29 is 28.6 Å². The largest absolute Gasteiger partial charge is 0.462 e. The van der Waals surface area contributed by atoms with E-state index in [-0.39, 0.29) is 31.1 Å². The van der Waals surface area contributed by atoms with E-state index in [0.717, 1.165) is 57.8 Å². The van der Waals surface area contributed by atoms with E-state index in [1.165, 1.54) is 353 Å². The lowest BCUT2D eigenvalue weighted by Gasteiger charge is -2.18. The van der Waals surface area contributed by atoms with Gasteiger partial charge in [-0.1, -0.05) is 412 Å². The van der Waals surface area contributed by atoms with Crippen LogP contribution >= 0.6 is 0 Å². The minimum absolute atomic E-state index is 0.0601. The molecule has 0 saturated heterocycles. The van der Waals surface area contributed by atoms with Gasteiger partial charge in [-0.3, -0.25) is 14.4 Å². The van der Waals surface area contributed by atoms with E-state index in [2.05, 4.69) is 20.8 Å². The molecule has 488 valence electrons. The number of esters is 3. The first-order valence-electron chi connectivity index (χ1n) is 38.0. The summed E-state index contributed by atoms with van der Waals surface area (Å²) in [5.74, 6) is -0.818. The molecule has 0 N–H and O–H groups in total. The van der Waals surface area contributed by atoms with Crippen molar-refractivity contribution in [2.24, 2.45) is 0 Å². The van der Waals surface area contributed by atoms with Crippen molar-refractivity contribution in [1.82, 2.24) is 0 Å². The van der Waals surface area contributed by atoms with Crippen molar-refractivity contribution in [2.45, 2.75) is 457 Å². The molecule has 0 saturated carbocycles. The minimum atomic E-state index is -0.763. The zero-order chi connectivity index (χ0) is 59.2. The van der Waals surface area contributed by atoms with Gasteiger partial charge in [-0.2, -0.15) is 0 Å². The highest BCUT2D eigenvalue weighted by Crippen LogP contribution is 2.20. The van der Waals surface area contributed by atoms with Gasteiger partial charge in [-0.15, -0.1) is 0 Å². The summed E-state index contributed by atoms with van der Waals surface area (Å²) in [4.78, 5) is 38.5. The number of rotatable bonds is 72. The maximum atomic E-state index is 13.0. The molecular formula is C76H148O6. The van der Waals surface area contributed by atoms with E-state index in [0.29, 0.717) is 19.3 Å². The fourth-order valence-electron chi connectivity index (χ4n) is 12.2. The second-order valence-electron chi connectivity index (χ2n) is 26.3. The average molecular weight is 1160 g/mol. The molecule has 0 aromatic rings. The van der Waals surface area contributed by atoms with Gasteiger partial charge in [0, 0.05) is 19.3 Å². The number of ether oxygens (including phenoxy) is 3. The average Bonchev–Trinajstić information content (AvgIpc) is 3.47. The van der Waals surface area contributed by atoms with E-state index >= 15 is 0 Å². The Labute approximate surface area is 514 Å². The van der Waals surface area contributed by atoms with Crippen molar-refractivity contribution in [2.75, 3.05) is 13.2 Å².